The molecule has 0 bridgehead atoms. The summed E-state index contributed by atoms with van der Waals surface area (Å²) in [6, 6.07) is 9.93. The monoisotopic (exact) mass is 472 g/mol. The van der Waals surface area contributed by atoms with Gasteiger partial charge < -0.3 is 10.1 Å². The maximum Gasteiger partial charge on any atom is 0.250 e. The van der Waals surface area contributed by atoms with E-state index >= 15 is 0 Å². The number of nitrogens with zero attached hydrogens (tertiary/aromatic N) is 4. The average Bonchev–Trinajstić information content (AvgIpc) is 3.51. The zero-order valence-electron chi connectivity index (χ0n) is 20.8. The molecule has 3 aromatic heterocycles. The first-order valence-electron chi connectivity index (χ1n) is 12.2. The fraction of sp³-hybridized carbons (Fsp3) is 0.407. The lowest BCUT2D eigenvalue weighted by molar-refractivity contribution is -0.119. The van der Waals surface area contributed by atoms with Gasteiger partial charge in [-0.3, -0.25) is 14.6 Å². The zero-order valence-corrected chi connectivity index (χ0v) is 20.8. The molecule has 35 heavy (non-hydrogen) atoms. The van der Waals surface area contributed by atoms with Crippen LogP contribution >= 0.6 is 0 Å². The maximum absolute atomic E-state index is 11.7. The van der Waals surface area contributed by atoms with E-state index in [1.165, 1.54) is 31.2 Å². The van der Waals surface area contributed by atoms with Gasteiger partial charge in [0.05, 0.1) is 11.7 Å². The summed E-state index contributed by atoms with van der Waals surface area (Å²) in [6.07, 6.45) is 8.45. The number of methoxy groups -OCH3 is 1. The van der Waals surface area contributed by atoms with E-state index < -0.39 is 0 Å². The number of anilines is 1. The number of aromatic amines is 1. The van der Waals surface area contributed by atoms with Gasteiger partial charge in [-0.15, -0.1) is 0 Å². The van der Waals surface area contributed by atoms with Crippen molar-refractivity contribution in [1.82, 2.24) is 25.0 Å². The molecule has 3 heterocycles. The fourth-order valence-corrected chi connectivity index (χ4v) is 5.26. The second-order valence-corrected chi connectivity index (χ2v) is 9.97. The summed E-state index contributed by atoms with van der Waals surface area (Å²) in [5.74, 6) is -0.175. The second kappa shape index (κ2) is 9.26. The van der Waals surface area contributed by atoms with Crippen LogP contribution in [0.5, 0.6) is 0 Å². The normalized spacial score (nSPS) is 18.1. The highest BCUT2D eigenvalue weighted by Gasteiger charge is 2.35. The van der Waals surface area contributed by atoms with Crippen molar-refractivity contribution in [1.29, 1.82) is 0 Å². The van der Waals surface area contributed by atoms with Gasteiger partial charge in [0.25, 0.3) is 0 Å². The molecule has 0 aliphatic heterocycles. The van der Waals surface area contributed by atoms with Gasteiger partial charge in [0, 0.05) is 47.4 Å². The number of rotatable bonds is 8. The minimum Gasteiger partial charge on any atom is -0.375 e. The van der Waals surface area contributed by atoms with Gasteiger partial charge in [-0.1, -0.05) is 32.4 Å². The molecule has 1 amide bonds. The second-order valence-electron chi connectivity index (χ2n) is 9.97. The van der Waals surface area contributed by atoms with Crippen LogP contribution in [0.15, 0.2) is 42.7 Å². The van der Waals surface area contributed by atoms with Crippen molar-refractivity contribution in [2.75, 3.05) is 19.0 Å². The predicted octanol–water partition coefficient (Wildman–Crippen LogP) is 4.92. The number of carbonyl (C=O) groups is 1. The number of pyridine rings is 1. The Morgan fingerprint density at radius 3 is 2.83 bits per heavy atom. The van der Waals surface area contributed by atoms with E-state index in [2.05, 4.69) is 47.3 Å². The van der Waals surface area contributed by atoms with Gasteiger partial charge in [-0.25, -0.2) is 4.98 Å². The van der Waals surface area contributed by atoms with Crippen LogP contribution in [0.3, 0.4) is 0 Å². The highest BCUT2D eigenvalue weighted by molar-refractivity contribution is 5.91. The summed E-state index contributed by atoms with van der Waals surface area (Å²) in [6.45, 7) is 6.76. The number of H-pyrrole nitrogens is 1. The molecule has 8 nitrogen and oxygen atoms in total. The van der Waals surface area contributed by atoms with Crippen LogP contribution in [0.1, 0.15) is 56.5 Å². The van der Waals surface area contributed by atoms with Gasteiger partial charge in [-0.05, 0) is 55.4 Å². The van der Waals surface area contributed by atoms with E-state index in [4.69, 9.17) is 9.84 Å². The number of hydrogen-bond acceptors (Lipinski definition) is 5. The average molecular weight is 473 g/mol. The third-order valence-electron chi connectivity index (χ3n) is 7.01. The molecule has 4 aromatic rings. The Morgan fingerprint density at radius 1 is 1.29 bits per heavy atom. The van der Waals surface area contributed by atoms with Crippen molar-refractivity contribution in [2.45, 2.75) is 52.5 Å². The largest absolute Gasteiger partial charge is 0.375 e. The molecular formula is C27H32N6O2. The SMILES string of the molecule is CCCC1(C)Cc2[nH]nc(-c3cnc4nn(C(C)c5ccc(NC(=O)COC)cc5)cc4c3)c2C1. The molecule has 0 radical (unpaired) electrons. The molecule has 0 fully saturated rings. The molecule has 8 heteroatoms. The Hall–Kier alpha value is -3.52. The molecule has 2 atom stereocenters. The van der Waals surface area contributed by atoms with Crippen molar-refractivity contribution in [2.24, 2.45) is 5.41 Å². The molecule has 182 valence electrons. The number of hydrogen-bond donors (Lipinski definition) is 2. The Bertz CT molecular complexity index is 1360. The molecule has 0 saturated heterocycles. The minimum absolute atomic E-state index is 0.0146. The predicted molar refractivity (Wildman–Crippen MR) is 136 cm³/mol. The molecule has 1 aliphatic rings. The van der Waals surface area contributed by atoms with E-state index in [1.54, 1.807) is 0 Å². The van der Waals surface area contributed by atoms with E-state index in [0.717, 1.165) is 40.7 Å². The quantitative estimate of drug-likeness (QED) is 0.379. The van der Waals surface area contributed by atoms with Crippen LogP contribution in [-0.2, 0) is 22.4 Å². The highest BCUT2D eigenvalue weighted by Crippen LogP contribution is 2.43. The van der Waals surface area contributed by atoms with E-state index in [-0.39, 0.29) is 18.6 Å². The maximum atomic E-state index is 11.7. The van der Waals surface area contributed by atoms with Crippen molar-refractivity contribution in [3.63, 3.8) is 0 Å². The van der Waals surface area contributed by atoms with Gasteiger partial charge in [0.2, 0.25) is 5.91 Å². The van der Waals surface area contributed by atoms with Crippen LogP contribution in [0.4, 0.5) is 5.69 Å². The Morgan fingerprint density at radius 2 is 2.09 bits per heavy atom. The Balaban J connectivity index is 1.36. The first-order valence-corrected chi connectivity index (χ1v) is 12.2. The Labute approximate surface area is 205 Å². The first-order chi connectivity index (χ1) is 16.9. The summed E-state index contributed by atoms with van der Waals surface area (Å²) in [7, 11) is 1.50. The first kappa shape index (κ1) is 23.2. The lowest BCUT2D eigenvalue weighted by Crippen LogP contribution is -2.17. The third-order valence-corrected chi connectivity index (χ3v) is 7.01. The van der Waals surface area contributed by atoms with Crippen molar-refractivity contribution in [3.05, 3.63) is 59.5 Å². The molecule has 2 unspecified atom stereocenters. The van der Waals surface area contributed by atoms with Gasteiger partial charge >= 0.3 is 0 Å². The fourth-order valence-electron chi connectivity index (χ4n) is 5.26. The number of ether oxygens (including phenoxy) is 1. The number of nitrogens with one attached hydrogen (secondary N) is 2. The van der Waals surface area contributed by atoms with Gasteiger partial charge in [0.1, 0.15) is 6.61 Å². The van der Waals surface area contributed by atoms with Crippen molar-refractivity contribution in [3.8, 4) is 11.3 Å². The van der Waals surface area contributed by atoms with Crippen LogP contribution in [0.2, 0.25) is 0 Å². The van der Waals surface area contributed by atoms with Gasteiger partial charge in [-0.2, -0.15) is 10.2 Å². The van der Waals surface area contributed by atoms with Crippen molar-refractivity contribution < 1.29 is 9.53 Å². The number of carbonyl (C=O) groups excluding carboxylic acids is 1. The number of aromatic nitrogens is 5. The highest BCUT2D eigenvalue weighted by atomic mass is 16.5. The summed E-state index contributed by atoms with van der Waals surface area (Å²) >= 11 is 0. The number of fused-ring (bicyclic) bond motifs is 2. The zero-order chi connectivity index (χ0) is 24.6. The van der Waals surface area contributed by atoms with Gasteiger partial charge in [0.15, 0.2) is 5.65 Å². The molecule has 0 saturated carbocycles. The summed E-state index contributed by atoms with van der Waals surface area (Å²) in [4.78, 5) is 16.4. The topological polar surface area (TPSA) is 97.7 Å². The molecular weight excluding hydrogens is 440 g/mol. The molecule has 5 rings (SSSR count). The summed E-state index contributed by atoms with van der Waals surface area (Å²) in [5.41, 5.74) is 7.49. The summed E-state index contributed by atoms with van der Waals surface area (Å²) < 4.78 is 6.80. The van der Waals surface area contributed by atoms with E-state index in [1.807, 2.05) is 41.3 Å². The lowest BCUT2D eigenvalue weighted by Gasteiger charge is -2.22. The summed E-state index contributed by atoms with van der Waals surface area (Å²) in [5, 5.41) is 16.4. The van der Waals surface area contributed by atoms with Crippen LogP contribution in [-0.4, -0.2) is 44.6 Å². The molecule has 2 N–H and O–H groups in total. The lowest BCUT2D eigenvalue weighted by atomic mass is 9.82. The standard InChI is InChI=1S/C27H32N6O2/c1-5-10-27(3)12-22-23(13-27)30-31-25(22)19-11-20-15-33(32-26(20)28-14-19)17(2)18-6-8-21(9-7-18)29-24(34)16-35-4/h6-9,11,14-15,17H,5,10,12-13,16H2,1-4H3,(H,29,34)(H,30,31). The van der Waals surface area contributed by atoms with Crippen LogP contribution in [0.25, 0.3) is 22.3 Å². The van der Waals surface area contributed by atoms with Crippen LogP contribution < -0.4 is 5.32 Å². The smallest absolute Gasteiger partial charge is 0.250 e. The van der Waals surface area contributed by atoms with E-state index in [9.17, 15) is 4.79 Å². The molecule has 1 aromatic carbocycles. The molecule has 1 aliphatic carbocycles. The van der Waals surface area contributed by atoms with E-state index in [0.29, 0.717) is 11.1 Å². The third kappa shape index (κ3) is 4.58. The Kier molecular flexibility index (Phi) is 6.15. The van der Waals surface area contributed by atoms with Crippen molar-refractivity contribution >= 4 is 22.6 Å². The number of amides is 1. The van der Waals surface area contributed by atoms with Crippen LogP contribution in [0, 0.1) is 5.41 Å². The molecule has 0 spiro atoms. The minimum atomic E-state index is -0.175. The number of benzene rings is 1.